The predicted molar refractivity (Wildman–Crippen MR) is 114 cm³/mol. The van der Waals surface area contributed by atoms with Crippen LogP contribution in [0.4, 0.5) is 5.69 Å². The van der Waals surface area contributed by atoms with E-state index in [0.29, 0.717) is 17.9 Å². The number of carbonyl (C=O) groups excluding carboxylic acids is 1. The van der Waals surface area contributed by atoms with Crippen molar-refractivity contribution in [2.45, 2.75) is 25.9 Å². The van der Waals surface area contributed by atoms with E-state index in [1.54, 1.807) is 30.8 Å². The number of benzene rings is 2. The third kappa shape index (κ3) is 4.66. The molecule has 3 N–H and O–H groups in total. The molecule has 1 heterocycles. The van der Waals surface area contributed by atoms with Gasteiger partial charge in [0, 0.05) is 13.6 Å². The van der Waals surface area contributed by atoms with Crippen molar-refractivity contribution in [3.8, 4) is 5.69 Å². The zero-order valence-corrected chi connectivity index (χ0v) is 16.8. The summed E-state index contributed by atoms with van der Waals surface area (Å²) in [5.41, 5.74) is 1.91. The number of aromatic nitrogens is 2. The average molecular weight is 408 g/mol. The van der Waals surface area contributed by atoms with E-state index in [1.807, 2.05) is 48.5 Å². The zero-order chi connectivity index (χ0) is 21.7. The van der Waals surface area contributed by atoms with Crippen LogP contribution in [0.25, 0.3) is 5.69 Å². The molecule has 1 unspecified atom stereocenters. The van der Waals surface area contributed by atoms with Gasteiger partial charge in [0.15, 0.2) is 0 Å². The Morgan fingerprint density at radius 2 is 1.63 bits per heavy atom. The SMILES string of the molecule is Cc1c(NC(=O)CC(NCc2ccccc2)C(=O)O)c(=O)n(-c2ccccc2)n1C. The Hall–Kier alpha value is -3.65. The summed E-state index contributed by atoms with van der Waals surface area (Å²) in [6.07, 6.45) is -0.304. The first kappa shape index (κ1) is 21.1. The lowest BCUT2D eigenvalue weighted by Crippen LogP contribution is -2.39. The summed E-state index contributed by atoms with van der Waals surface area (Å²) < 4.78 is 3.10. The smallest absolute Gasteiger partial charge is 0.321 e. The Labute approximate surface area is 173 Å². The topological polar surface area (TPSA) is 105 Å². The van der Waals surface area contributed by atoms with Gasteiger partial charge in [-0.15, -0.1) is 0 Å². The minimum Gasteiger partial charge on any atom is -0.480 e. The van der Waals surface area contributed by atoms with E-state index < -0.39 is 17.9 Å². The summed E-state index contributed by atoms with van der Waals surface area (Å²) in [5, 5.41) is 14.9. The van der Waals surface area contributed by atoms with Gasteiger partial charge in [0.05, 0.1) is 17.8 Å². The van der Waals surface area contributed by atoms with Gasteiger partial charge in [-0.2, -0.15) is 0 Å². The lowest BCUT2D eigenvalue weighted by Gasteiger charge is -2.14. The van der Waals surface area contributed by atoms with Gasteiger partial charge in [-0.1, -0.05) is 48.5 Å². The highest BCUT2D eigenvalue weighted by Crippen LogP contribution is 2.14. The highest BCUT2D eigenvalue weighted by molar-refractivity contribution is 5.94. The van der Waals surface area contributed by atoms with Crippen molar-refractivity contribution in [3.63, 3.8) is 0 Å². The van der Waals surface area contributed by atoms with Crippen LogP contribution in [-0.4, -0.2) is 32.4 Å². The molecule has 156 valence electrons. The van der Waals surface area contributed by atoms with E-state index in [-0.39, 0.29) is 17.7 Å². The maximum atomic E-state index is 12.9. The molecule has 1 aromatic heterocycles. The summed E-state index contributed by atoms with van der Waals surface area (Å²) in [7, 11) is 1.72. The van der Waals surface area contributed by atoms with Gasteiger partial charge in [0.25, 0.3) is 5.56 Å². The third-order valence-corrected chi connectivity index (χ3v) is 4.90. The lowest BCUT2D eigenvalue weighted by atomic mass is 10.1. The summed E-state index contributed by atoms with van der Waals surface area (Å²) >= 11 is 0. The summed E-state index contributed by atoms with van der Waals surface area (Å²) in [5.74, 6) is -1.68. The Kier molecular flexibility index (Phi) is 6.48. The number of aliphatic carboxylic acids is 1. The van der Waals surface area contributed by atoms with Gasteiger partial charge in [-0.05, 0) is 24.6 Å². The molecule has 0 fully saturated rings. The number of hydrogen-bond acceptors (Lipinski definition) is 4. The first-order valence-electron chi connectivity index (χ1n) is 9.52. The van der Waals surface area contributed by atoms with Crippen molar-refractivity contribution in [2.24, 2.45) is 7.05 Å². The Balaban J connectivity index is 1.73. The second-order valence-corrected chi connectivity index (χ2v) is 6.95. The first-order valence-corrected chi connectivity index (χ1v) is 9.52. The molecule has 2 aromatic carbocycles. The number of carboxylic acid groups (broad SMARTS) is 1. The van der Waals surface area contributed by atoms with Gasteiger partial charge in [0.1, 0.15) is 11.7 Å². The van der Waals surface area contributed by atoms with Crippen LogP contribution >= 0.6 is 0 Å². The van der Waals surface area contributed by atoms with Gasteiger partial charge in [-0.3, -0.25) is 24.4 Å². The van der Waals surface area contributed by atoms with Crippen LogP contribution in [0.2, 0.25) is 0 Å². The van der Waals surface area contributed by atoms with Crippen LogP contribution < -0.4 is 16.2 Å². The van der Waals surface area contributed by atoms with Crippen molar-refractivity contribution in [1.29, 1.82) is 0 Å². The van der Waals surface area contributed by atoms with Crippen LogP contribution in [0.15, 0.2) is 65.5 Å². The third-order valence-electron chi connectivity index (χ3n) is 4.90. The second-order valence-electron chi connectivity index (χ2n) is 6.95. The number of para-hydroxylation sites is 1. The molecule has 0 aliphatic rings. The molecule has 0 radical (unpaired) electrons. The van der Waals surface area contributed by atoms with Crippen LogP contribution in [0.1, 0.15) is 17.7 Å². The van der Waals surface area contributed by atoms with Crippen molar-refractivity contribution >= 4 is 17.6 Å². The van der Waals surface area contributed by atoms with Gasteiger partial charge in [-0.25, -0.2) is 4.68 Å². The minimum absolute atomic E-state index is 0.138. The summed E-state index contributed by atoms with van der Waals surface area (Å²) in [6.45, 7) is 2.04. The molecule has 30 heavy (non-hydrogen) atoms. The fraction of sp³-hybridized carbons (Fsp3) is 0.227. The monoisotopic (exact) mass is 408 g/mol. The quantitative estimate of drug-likeness (QED) is 0.529. The van der Waals surface area contributed by atoms with E-state index >= 15 is 0 Å². The van der Waals surface area contributed by atoms with Crippen LogP contribution in [0, 0.1) is 6.92 Å². The Morgan fingerprint density at radius 3 is 2.23 bits per heavy atom. The number of nitrogens with zero attached hydrogens (tertiary/aromatic N) is 2. The van der Waals surface area contributed by atoms with E-state index in [4.69, 9.17) is 0 Å². The maximum absolute atomic E-state index is 12.9. The number of rotatable bonds is 8. The predicted octanol–water partition coefficient (Wildman–Crippen LogP) is 2.06. The summed E-state index contributed by atoms with van der Waals surface area (Å²) in [6, 6.07) is 17.3. The van der Waals surface area contributed by atoms with Gasteiger partial charge >= 0.3 is 5.97 Å². The van der Waals surface area contributed by atoms with E-state index in [9.17, 15) is 19.5 Å². The number of nitrogens with one attached hydrogen (secondary N) is 2. The minimum atomic E-state index is -1.13. The number of anilines is 1. The van der Waals surface area contributed by atoms with Crippen molar-refractivity contribution in [3.05, 3.63) is 82.3 Å². The molecular formula is C22H24N4O4. The van der Waals surface area contributed by atoms with Crippen LogP contribution in [0.3, 0.4) is 0 Å². The average Bonchev–Trinajstić information content (AvgIpc) is 2.95. The van der Waals surface area contributed by atoms with Crippen molar-refractivity contribution < 1.29 is 14.7 Å². The molecule has 0 bridgehead atoms. The zero-order valence-electron chi connectivity index (χ0n) is 16.8. The van der Waals surface area contributed by atoms with Crippen LogP contribution in [0.5, 0.6) is 0 Å². The Bertz CT molecular complexity index is 1090. The fourth-order valence-electron chi connectivity index (χ4n) is 3.17. The highest BCUT2D eigenvalue weighted by atomic mass is 16.4. The molecule has 0 aliphatic carbocycles. The molecule has 1 amide bonds. The first-order chi connectivity index (χ1) is 14.4. The maximum Gasteiger partial charge on any atom is 0.321 e. The molecule has 0 saturated heterocycles. The molecule has 0 aliphatic heterocycles. The van der Waals surface area contributed by atoms with Gasteiger partial charge < -0.3 is 10.4 Å². The standard InChI is InChI=1S/C22H24N4O4/c1-15-20(21(28)26(25(15)2)17-11-7-4-8-12-17)24-19(27)13-18(22(29)30)23-14-16-9-5-3-6-10-16/h3-12,18,23H,13-14H2,1-2H3,(H,24,27)(H,29,30). The molecule has 3 aromatic rings. The van der Waals surface area contributed by atoms with E-state index in [1.165, 1.54) is 4.68 Å². The number of carbonyl (C=O) groups is 2. The molecule has 3 rings (SSSR count). The molecule has 0 saturated carbocycles. The fourth-order valence-corrected chi connectivity index (χ4v) is 3.17. The molecular weight excluding hydrogens is 384 g/mol. The number of hydrogen-bond donors (Lipinski definition) is 3. The highest BCUT2D eigenvalue weighted by Gasteiger charge is 2.23. The Morgan fingerprint density at radius 1 is 1.03 bits per heavy atom. The van der Waals surface area contributed by atoms with Crippen LogP contribution in [-0.2, 0) is 23.2 Å². The number of amides is 1. The second kappa shape index (κ2) is 9.23. The van der Waals surface area contributed by atoms with Crippen molar-refractivity contribution in [2.75, 3.05) is 5.32 Å². The van der Waals surface area contributed by atoms with Gasteiger partial charge in [0.2, 0.25) is 5.91 Å². The van der Waals surface area contributed by atoms with E-state index in [2.05, 4.69) is 10.6 Å². The van der Waals surface area contributed by atoms with E-state index in [0.717, 1.165) is 5.56 Å². The molecule has 8 heteroatoms. The summed E-state index contributed by atoms with van der Waals surface area (Å²) in [4.78, 5) is 37.0. The lowest BCUT2D eigenvalue weighted by molar-refractivity contribution is -0.141. The normalized spacial score (nSPS) is 11.8. The largest absolute Gasteiger partial charge is 0.480 e. The molecule has 0 spiro atoms. The number of carboxylic acids is 1. The van der Waals surface area contributed by atoms with Crippen molar-refractivity contribution in [1.82, 2.24) is 14.7 Å². The molecule has 8 nitrogen and oxygen atoms in total. The molecule has 1 atom stereocenters.